The predicted octanol–water partition coefficient (Wildman–Crippen LogP) is 2.10. The number of rotatable bonds is 10. The zero-order valence-corrected chi connectivity index (χ0v) is 18.1. The number of hydrogen-bond acceptors (Lipinski definition) is 5. The van der Waals surface area contributed by atoms with Crippen LogP contribution in [0, 0.1) is 12.3 Å². The van der Waals surface area contributed by atoms with E-state index in [0.29, 0.717) is 23.3 Å². The molecule has 1 heterocycles. The molecule has 1 aromatic rings. The molecule has 27 heavy (non-hydrogen) atoms. The number of nitrogens with zero attached hydrogens (tertiary/aromatic N) is 1. The van der Waals surface area contributed by atoms with Gasteiger partial charge in [0.2, 0.25) is 10.0 Å². The van der Waals surface area contributed by atoms with Gasteiger partial charge in [0.05, 0.1) is 0 Å². The molecule has 0 aliphatic heterocycles. The molecule has 0 spiro atoms. The average Bonchev–Trinajstić information content (AvgIpc) is 3.29. The molecule has 154 valence electrons. The van der Waals surface area contributed by atoms with Crippen LogP contribution in [0.5, 0.6) is 0 Å². The molecular formula is C18H32N4O3S2. The summed E-state index contributed by atoms with van der Waals surface area (Å²) < 4.78 is 32.7. The molecule has 1 aliphatic carbocycles. The van der Waals surface area contributed by atoms with Crippen molar-refractivity contribution in [3.05, 3.63) is 17.0 Å². The number of nitrogens with one attached hydrogen (secondary N) is 3. The van der Waals surface area contributed by atoms with Crippen LogP contribution >= 0.6 is 11.3 Å². The smallest absolute Gasteiger partial charge is 0.250 e. The van der Waals surface area contributed by atoms with Crippen LogP contribution in [0.4, 0.5) is 0 Å². The van der Waals surface area contributed by atoms with Gasteiger partial charge in [-0.05, 0) is 43.7 Å². The van der Waals surface area contributed by atoms with E-state index in [0.717, 1.165) is 24.4 Å². The third-order valence-electron chi connectivity index (χ3n) is 5.05. The maximum Gasteiger partial charge on any atom is 0.250 e. The number of methoxy groups -OCH3 is 1. The molecule has 0 bridgehead atoms. The Bertz CT molecular complexity index is 710. The number of ether oxygens (including phenoxy) is 1. The third kappa shape index (κ3) is 6.74. The number of sulfonamides is 1. The summed E-state index contributed by atoms with van der Waals surface area (Å²) in [5, 5.41) is 6.58. The second kappa shape index (κ2) is 10.4. The van der Waals surface area contributed by atoms with Crippen molar-refractivity contribution in [1.29, 1.82) is 0 Å². The quantitative estimate of drug-likeness (QED) is 0.309. The van der Waals surface area contributed by atoms with Crippen molar-refractivity contribution in [3.63, 3.8) is 0 Å². The first-order valence-corrected chi connectivity index (χ1v) is 11.7. The second-order valence-electron chi connectivity index (χ2n) is 7.07. The van der Waals surface area contributed by atoms with Gasteiger partial charge in [-0.15, -0.1) is 11.3 Å². The van der Waals surface area contributed by atoms with Gasteiger partial charge in [0.25, 0.3) is 0 Å². The normalized spacial score (nSPS) is 17.2. The van der Waals surface area contributed by atoms with E-state index in [-0.39, 0.29) is 5.41 Å². The molecule has 0 saturated heterocycles. The summed E-state index contributed by atoms with van der Waals surface area (Å²) in [4.78, 5) is 5.22. The van der Waals surface area contributed by atoms with E-state index >= 15 is 0 Å². The van der Waals surface area contributed by atoms with Gasteiger partial charge in [-0.25, -0.2) is 13.1 Å². The molecule has 2 rings (SSSR count). The zero-order chi connectivity index (χ0) is 19.8. The Morgan fingerprint density at radius 1 is 1.26 bits per heavy atom. The zero-order valence-electron chi connectivity index (χ0n) is 16.5. The molecule has 0 radical (unpaired) electrons. The molecule has 0 aromatic carbocycles. The fourth-order valence-corrected chi connectivity index (χ4v) is 5.80. The monoisotopic (exact) mass is 416 g/mol. The van der Waals surface area contributed by atoms with Crippen LogP contribution in [0.25, 0.3) is 0 Å². The van der Waals surface area contributed by atoms with Gasteiger partial charge in [-0.2, -0.15) is 0 Å². The van der Waals surface area contributed by atoms with Gasteiger partial charge in [-0.1, -0.05) is 12.8 Å². The lowest BCUT2D eigenvalue weighted by molar-refractivity contribution is 0.138. The minimum atomic E-state index is -3.44. The Hall–Kier alpha value is -1.16. The van der Waals surface area contributed by atoms with Crippen molar-refractivity contribution in [2.75, 3.05) is 40.4 Å². The lowest BCUT2D eigenvalue weighted by atomic mass is 9.83. The number of hydrogen-bond donors (Lipinski definition) is 3. The van der Waals surface area contributed by atoms with Crippen molar-refractivity contribution in [3.8, 4) is 0 Å². The molecule has 9 heteroatoms. The van der Waals surface area contributed by atoms with Gasteiger partial charge in [0, 0.05) is 45.3 Å². The van der Waals surface area contributed by atoms with E-state index in [1.54, 1.807) is 20.2 Å². The first-order chi connectivity index (χ1) is 12.9. The summed E-state index contributed by atoms with van der Waals surface area (Å²) in [6.45, 7) is 4.29. The Morgan fingerprint density at radius 3 is 2.59 bits per heavy atom. The lowest BCUT2D eigenvalue weighted by Gasteiger charge is -2.30. The van der Waals surface area contributed by atoms with E-state index in [2.05, 4.69) is 20.3 Å². The molecule has 1 saturated carbocycles. The largest absolute Gasteiger partial charge is 0.385 e. The molecular weight excluding hydrogens is 384 g/mol. The fourth-order valence-electron chi connectivity index (χ4n) is 3.44. The van der Waals surface area contributed by atoms with Crippen LogP contribution in [0.2, 0.25) is 0 Å². The number of aliphatic imine (C=N–C) groups is 1. The molecule has 0 unspecified atom stereocenters. The number of aryl methyl sites for hydroxylation is 1. The van der Waals surface area contributed by atoms with Crippen molar-refractivity contribution in [1.82, 2.24) is 15.4 Å². The van der Waals surface area contributed by atoms with Crippen LogP contribution in [0.3, 0.4) is 0 Å². The summed E-state index contributed by atoms with van der Waals surface area (Å²) >= 11 is 1.27. The highest BCUT2D eigenvalue weighted by molar-refractivity contribution is 7.91. The topological polar surface area (TPSA) is 91.8 Å². The van der Waals surface area contributed by atoms with Crippen LogP contribution in [-0.4, -0.2) is 54.8 Å². The van der Waals surface area contributed by atoms with Gasteiger partial charge < -0.3 is 15.4 Å². The summed E-state index contributed by atoms with van der Waals surface area (Å²) in [6, 6.07) is 3.45. The third-order valence-corrected chi connectivity index (χ3v) is 8.00. The SMILES string of the molecule is CN=C(NCCNS(=O)(=O)c1ccc(C)s1)NCC1(CCOC)CCCC1. The van der Waals surface area contributed by atoms with E-state index in [4.69, 9.17) is 4.74 Å². The van der Waals surface area contributed by atoms with E-state index < -0.39 is 10.0 Å². The Morgan fingerprint density at radius 2 is 2.00 bits per heavy atom. The standard InChI is InChI=1S/C18H32N4O3S2/c1-15-6-7-16(26-15)27(23,24)22-12-11-20-17(19-2)21-14-18(10-13-25-3)8-4-5-9-18/h6-7,22H,4-5,8-14H2,1-3H3,(H2,19,20,21). The Kier molecular flexibility index (Phi) is 8.53. The molecule has 1 fully saturated rings. The summed E-state index contributed by atoms with van der Waals surface area (Å²) in [5.74, 6) is 0.699. The summed E-state index contributed by atoms with van der Waals surface area (Å²) in [7, 11) is 0.0365. The molecule has 1 aliphatic rings. The van der Waals surface area contributed by atoms with Gasteiger partial charge in [0.15, 0.2) is 5.96 Å². The molecule has 0 amide bonds. The minimum absolute atomic E-state index is 0.270. The summed E-state index contributed by atoms with van der Waals surface area (Å²) in [5.41, 5.74) is 0.270. The number of guanidine groups is 1. The molecule has 7 nitrogen and oxygen atoms in total. The summed E-state index contributed by atoms with van der Waals surface area (Å²) in [6.07, 6.45) is 6.00. The highest BCUT2D eigenvalue weighted by Crippen LogP contribution is 2.40. The first kappa shape index (κ1) is 22.1. The minimum Gasteiger partial charge on any atom is -0.385 e. The maximum atomic E-state index is 12.2. The van der Waals surface area contributed by atoms with E-state index in [1.165, 1.54) is 37.0 Å². The van der Waals surface area contributed by atoms with Crippen LogP contribution in [0.1, 0.15) is 37.0 Å². The first-order valence-electron chi connectivity index (χ1n) is 9.40. The fraction of sp³-hybridized carbons (Fsp3) is 0.722. The van der Waals surface area contributed by atoms with E-state index in [1.807, 2.05) is 13.0 Å². The van der Waals surface area contributed by atoms with Gasteiger partial charge in [0.1, 0.15) is 4.21 Å². The van der Waals surface area contributed by atoms with Crippen molar-refractivity contribution >= 4 is 27.3 Å². The average molecular weight is 417 g/mol. The lowest BCUT2D eigenvalue weighted by Crippen LogP contribution is -2.45. The molecule has 3 N–H and O–H groups in total. The Balaban J connectivity index is 1.75. The molecule has 0 atom stereocenters. The molecule has 1 aromatic heterocycles. The number of thiophene rings is 1. The predicted molar refractivity (Wildman–Crippen MR) is 111 cm³/mol. The maximum absolute atomic E-state index is 12.2. The van der Waals surface area contributed by atoms with E-state index in [9.17, 15) is 8.42 Å². The van der Waals surface area contributed by atoms with Crippen LogP contribution in [0.15, 0.2) is 21.3 Å². The van der Waals surface area contributed by atoms with Crippen molar-refractivity contribution in [2.45, 2.75) is 43.2 Å². The second-order valence-corrected chi connectivity index (χ2v) is 10.3. The highest BCUT2D eigenvalue weighted by atomic mass is 32.2. The Labute approximate surface area is 167 Å². The van der Waals surface area contributed by atoms with Crippen molar-refractivity contribution in [2.24, 2.45) is 10.4 Å². The van der Waals surface area contributed by atoms with Gasteiger partial charge >= 0.3 is 0 Å². The highest BCUT2D eigenvalue weighted by Gasteiger charge is 2.33. The van der Waals surface area contributed by atoms with Gasteiger partial charge in [-0.3, -0.25) is 4.99 Å². The van der Waals surface area contributed by atoms with Crippen LogP contribution < -0.4 is 15.4 Å². The van der Waals surface area contributed by atoms with Crippen LogP contribution in [-0.2, 0) is 14.8 Å². The van der Waals surface area contributed by atoms with Crippen molar-refractivity contribution < 1.29 is 13.2 Å².